The van der Waals surface area contributed by atoms with Crippen LogP contribution in [0.25, 0.3) is 0 Å². The number of nitrogens with one attached hydrogen (secondary N) is 2. The number of rotatable bonds is 12. The monoisotopic (exact) mass is 543 g/mol. The zero-order chi connectivity index (χ0) is 29.2. The van der Waals surface area contributed by atoms with Crippen LogP contribution in [0.2, 0.25) is 0 Å². The predicted molar refractivity (Wildman–Crippen MR) is 158 cm³/mol. The van der Waals surface area contributed by atoms with Crippen molar-refractivity contribution in [2.24, 2.45) is 5.92 Å². The molecule has 2 unspecified atom stereocenters. The van der Waals surface area contributed by atoms with Crippen LogP contribution >= 0.6 is 0 Å². The molecule has 1 fully saturated rings. The van der Waals surface area contributed by atoms with Crippen LogP contribution in [0.4, 0.5) is 4.79 Å². The number of carbonyl (C=O) groups is 3. The number of nitrogens with zero attached hydrogens (tertiary/aromatic N) is 1. The first kappa shape index (κ1) is 32.6. The Bertz CT molecular complexity index is 947. The second kappa shape index (κ2) is 15.3. The molecule has 3 amide bonds. The van der Waals surface area contributed by atoms with E-state index >= 15 is 0 Å². The minimum absolute atomic E-state index is 0.122. The highest BCUT2D eigenvalue weighted by Crippen LogP contribution is 2.29. The lowest BCUT2D eigenvalue weighted by Gasteiger charge is -2.37. The summed E-state index contributed by atoms with van der Waals surface area (Å²) < 4.78 is 5.49. The fourth-order valence-corrected chi connectivity index (χ4v) is 5.25. The zero-order valence-electron chi connectivity index (χ0n) is 25.7. The van der Waals surface area contributed by atoms with Gasteiger partial charge in [-0.15, -0.1) is 0 Å². The smallest absolute Gasteiger partial charge is 0.408 e. The Morgan fingerprint density at radius 3 is 2.28 bits per heavy atom. The standard InChI is InChI=1S/C32H53N3O4/c1-9-10-11-15-21-35(30(37)27(22(2)3)34-31(38)39-32(6,7)8)28(26-20-16-17-23(4)24(26)5)29(36)33-25-18-13-12-14-19-25/h16-17,20,22,25,27-28H,9-15,18-19,21H2,1-8H3,(H,33,36)(H,34,38). The molecule has 0 aliphatic heterocycles. The summed E-state index contributed by atoms with van der Waals surface area (Å²) in [7, 11) is 0. The number of aryl methyl sites for hydroxylation is 1. The largest absolute Gasteiger partial charge is 0.444 e. The third-order valence-corrected chi connectivity index (χ3v) is 7.59. The first-order valence-electron chi connectivity index (χ1n) is 15.0. The molecular formula is C32H53N3O4. The summed E-state index contributed by atoms with van der Waals surface area (Å²) in [5, 5.41) is 6.12. The van der Waals surface area contributed by atoms with Crippen molar-refractivity contribution in [1.29, 1.82) is 0 Å². The van der Waals surface area contributed by atoms with Crippen molar-refractivity contribution in [3.63, 3.8) is 0 Å². The van der Waals surface area contributed by atoms with Gasteiger partial charge in [-0.05, 0) is 76.5 Å². The van der Waals surface area contributed by atoms with Crippen LogP contribution in [0.5, 0.6) is 0 Å². The van der Waals surface area contributed by atoms with Gasteiger partial charge in [-0.2, -0.15) is 0 Å². The van der Waals surface area contributed by atoms with Crippen molar-refractivity contribution in [2.45, 2.75) is 137 Å². The third kappa shape index (κ3) is 10.2. The lowest BCUT2D eigenvalue weighted by atomic mass is 9.92. The van der Waals surface area contributed by atoms with Crippen LogP contribution < -0.4 is 10.6 Å². The molecule has 39 heavy (non-hydrogen) atoms. The molecule has 7 nitrogen and oxygen atoms in total. The van der Waals surface area contributed by atoms with E-state index in [2.05, 4.69) is 17.6 Å². The number of ether oxygens (including phenoxy) is 1. The van der Waals surface area contributed by atoms with E-state index in [0.29, 0.717) is 6.54 Å². The first-order valence-corrected chi connectivity index (χ1v) is 15.0. The van der Waals surface area contributed by atoms with Gasteiger partial charge in [0.05, 0.1) is 0 Å². The number of benzene rings is 1. The van der Waals surface area contributed by atoms with Gasteiger partial charge in [-0.25, -0.2) is 4.79 Å². The zero-order valence-corrected chi connectivity index (χ0v) is 25.7. The molecule has 2 N–H and O–H groups in total. The molecule has 1 aromatic carbocycles. The molecule has 1 aliphatic rings. The number of carbonyl (C=O) groups excluding carboxylic acids is 3. The Labute approximate surface area is 236 Å². The minimum atomic E-state index is -0.818. The molecule has 1 aliphatic carbocycles. The summed E-state index contributed by atoms with van der Waals surface area (Å²) in [6.07, 6.45) is 8.60. The van der Waals surface area contributed by atoms with Crippen molar-refractivity contribution in [1.82, 2.24) is 15.5 Å². The summed E-state index contributed by atoms with van der Waals surface area (Å²) >= 11 is 0. The van der Waals surface area contributed by atoms with Crippen LogP contribution in [-0.4, -0.2) is 47.0 Å². The van der Waals surface area contributed by atoms with E-state index in [1.807, 2.05) is 45.9 Å². The van der Waals surface area contributed by atoms with Crippen LogP contribution in [0.15, 0.2) is 18.2 Å². The van der Waals surface area contributed by atoms with E-state index in [-0.39, 0.29) is 23.8 Å². The molecule has 1 saturated carbocycles. The van der Waals surface area contributed by atoms with E-state index in [1.54, 1.807) is 25.7 Å². The molecule has 0 heterocycles. The Morgan fingerprint density at radius 1 is 1.03 bits per heavy atom. The molecule has 0 radical (unpaired) electrons. The molecule has 7 heteroatoms. The highest BCUT2D eigenvalue weighted by atomic mass is 16.6. The normalized spacial score (nSPS) is 15.9. The van der Waals surface area contributed by atoms with Crippen molar-refractivity contribution >= 4 is 17.9 Å². The SMILES string of the molecule is CCCCCCN(C(=O)C(NC(=O)OC(C)(C)C)C(C)C)C(C(=O)NC1CCCCC1)c1cccc(C)c1C. The second-order valence-electron chi connectivity index (χ2n) is 12.5. The van der Waals surface area contributed by atoms with Crippen LogP contribution in [0, 0.1) is 19.8 Å². The van der Waals surface area contributed by atoms with Crippen molar-refractivity contribution in [2.75, 3.05) is 6.54 Å². The van der Waals surface area contributed by atoms with Crippen LogP contribution in [-0.2, 0) is 14.3 Å². The minimum Gasteiger partial charge on any atom is -0.444 e. The average Bonchev–Trinajstić information content (AvgIpc) is 2.85. The Kier molecular flexibility index (Phi) is 12.8. The third-order valence-electron chi connectivity index (χ3n) is 7.59. The van der Waals surface area contributed by atoms with Gasteiger partial charge in [0.15, 0.2) is 0 Å². The Hall–Kier alpha value is -2.57. The van der Waals surface area contributed by atoms with Gasteiger partial charge in [-0.3, -0.25) is 9.59 Å². The van der Waals surface area contributed by atoms with E-state index in [4.69, 9.17) is 4.74 Å². The maximum absolute atomic E-state index is 14.3. The topological polar surface area (TPSA) is 87.7 Å². The van der Waals surface area contributed by atoms with E-state index < -0.39 is 23.8 Å². The van der Waals surface area contributed by atoms with Gasteiger partial charge in [0.2, 0.25) is 11.8 Å². The molecular weight excluding hydrogens is 490 g/mol. The number of unbranched alkanes of at least 4 members (excludes halogenated alkanes) is 3. The lowest BCUT2D eigenvalue weighted by Crippen LogP contribution is -2.55. The average molecular weight is 544 g/mol. The van der Waals surface area contributed by atoms with Crippen LogP contribution in [0.3, 0.4) is 0 Å². The molecule has 0 spiro atoms. The summed E-state index contributed by atoms with van der Waals surface area (Å²) in [5.41, 5.74) is 2.24. The Morgan fingerprint density at radius 2 is 1.69 bits per heavy atom. The summed E-state index contributed by atoms with van der Waals surface area (Å²) in [6, 6.07) is 4.48. The summed E-state index contributed by atoms with van der Waals surface area (Å²) in [4.78, 5) is 42.9. The quantitative estimate of drug-likeness (QED) is 0.285. The summed E-state index contributed by atoms with van der Waals surface area (Å²) in [5.74, 6) is -0.583. The number of hydrogen-bond acceptors (Lipinski definition) is 4. The fraction of sp³-hybridized carbons (Fsp3) is 0.719. The van der Waals surface area contributed by atoms with E-state index in [1.165, 1.54) is 6.42 Å². The van der Waals surface area contributed by atoms with Gasteiger partial charge < -0.3 is 20.3 Å². The van der Waals surface area contributed by atoms with E-state index in [9.17, 15) is 14.4 Å². The van der Waals surface area contributed by atoms with Crippen molar-refractivity contribution in [3.05, 3.63) is 34.9 Å². The second-order valence-corrected chi connectivity index (χ2v) is 12.5. The molecule has 1 aromatic rings. The molecule has 2 atom stereocenters. The van der Waals surface area contributed by atoms with Gasteiger partial charge in [-0.1, -0.05) is 77.5 Å². The molecule has 220 valence electrons. The molecule has 2 rings (SSSR count). The van der Waals surface area contributed by atoms with Gasteiger partial charge in [0.25, 0.3) is 0 Å². The summed E-state index contributed by atoms with van der Waals surface area (Å²) in [6.45, 7) is 15.8. The van der Waals surface area contributed by atoms with Crippen molar-refractivity contribution in [3.8, 4) is 0 Å². The fourth-order valence-electron chi connectivity index (χ4n) is 5.25. The highest BCUT2D eigenvalue weighted by Gasteiger charge is 2.38. The Balaban J connectivity index is 2.50. The maximum atomic E-state index is 14.3. The number of alkyl carbamates (subject to hydrolysis) is 1. The predicted octanol–water partition coefficient (Wildman–Crippen LogP) is 6.75. The van der Waals surface area contributed by atoms with E-state index in [0.717, 1.165) is 68.1 Å². The van der Waals surface area contributed by atoms with Crippen LogP contribution in [0.1, 0.15) is 122 Å². The first-order chi connectivity index (χ1) is 18.4. The molecule has 0 bridgehead atoms. The number of amides is 3. The number of hydrogen-bond donors (Lipinski definition) is 2. The molecule has 0 saturated heterocycles. The highest BCUT2D eigenvalue weighted by molar-refractivity contribution is 5.92. The van der Waals surface area contributed by atoms with Gasteiger partial charge in [0.1, 0.15) is 17.7 Å². The maximum Gasteiger partial charge on any atom is 0.408 e. The van der Waals surface area contributed by atoms with Crippen molar-refractivity contribution < 1.29 is 19.1 Å². The molecule has 0 aromatic heterocycles. The lowest BCUT2D eigenvalue weighted by molar-refractivity contribution is -0.143. The van der Waals surface area contributed by atoms with Gasteiger partial charge >= 0.3 is 6.09 Å². The van der Waals surface area contributed by atoms with Gasteiger partial charge in [0, 0.05) is 12.6 Å².